The van der Waals surface area contributed by atoms with Crippen molar-refractivity contribution in [3.05, 3.63) is 0 Å². The molecule has 0 saturated heterocycles. The molecular formula is C14H27NO2. The first-order chi connectivity index (χ1) is 8.00. The fraction of sp³-hybridized carbons (Fsp3) is 0.929. The van der Waals surface area contributed by atoms with Crippen molar-refractivity contribution in [3.8, 4) is 0 Å². The Balaban J connectivity index is 2.67. The summed E-state index contributed by atoms with van der Waals surface area (Å²) in [5.41, 5.74) is -0.469. The molecule has 1 saturated carbocycles. The number of nitrogens with zero attached hydrogens (tertiary/aromatic N) is 1. The van der Waals surface area contributed by atoms with Gasteiger partial charge in [0.1, 0.15) is 0 Å². The van der Waals surface area contributed by atoms with Crippen molar-refractivity contribution in [2.45, 2.75) is 52.9 Å². The Bertz CT molecular complexity index is 245. The van der Waals surface area contributed by atoms with Crippen LogP contribution in [0.25, 0.3) is 0 Å². The number of carboxylic acid groups (broad SMARTS) is 1. The first kappa shape index (κ1) is 14.5. The quantitative estimate of drug-likeness (QED) is 0.777. The van der Waals surface area contributed by atoms with Crippen LogP contribution in [0.5, 0.6) is 0 Å². The normalized spacial score (nSPS) is 19.8. The maximum Gasteiger partial charge on any atom is 0.310 e. The van der Waals surface area contributed by atoms with Gasteiger partial charge in [0.05, 0.1) is 5.41 Å². The number of hydrogen-bond donors (Lipinski definition) is 1. The average Bonchev–Trinajstić information content (AvgIpc) is 2.28. The van der Waals surface area contributed by atoms with Gasteiger partial charge < -0.3 is 10.0 Å². The Morgan fingerprint density at radius 1 is 1.29 bits per heavy atom. The van der Waals surface area contributed by atoms with Crippen molar-refractivity contribution < 1.29 is 9.90 Å². The van der Waals surface area contributed by atoms with Crippen molar-refractivity contribution in [1.29, 1.82) is 0 Å². The molecule has 1 aliphatic carbocycles. The van der Waals surface area contributed by atoms with Crippen LogP contribution in [-0.4, -0.2) is 35.6 Å². The molecule has 0 aromatic rings. The largest absolute Gasteiger partial charge is 0.481 e. The topological polar surface area (TPSA) is 40.5 Å². The molecule has 0 aromatic carbocycles. The molecule has 0 radical (unpaired) electrons. The molecule has 1 rings (SSSR count). The van der Waals surface area contributed by atoms with Crippen LogP contribution in [-0.2, 0) is 4.79 Å². The molecule has 1 fully saturated rings. The Hall–Kier alpha value is -0.570. The summed E-state index contributed by atoms with van der Waals surface area (Å²) in [5, 5.41) is 9.54. The highest BCUT2D eigenvalue weighted by atomic mass is 16.4. The lowest BCUT2D eigenvalue weighted by molar-refractivity contribution is -0.152. The van der Waals surface area contributed by atoms with E-state index in [1.54, 1.807) is 0 Å². The van der Waals surface area contributed by atoms with Gasteiger partial charge in [0.15, 0.2) is 0 Å². The van der Waals surface area contributed by atoms with Crippen LogP contribution in [0.1, 0.15) is 52.9 Å². The predicted octanol–water partition coefficient (Wildman–Crippen LogP) is 3.00. The van der Waals surface area contributed by atoms with Gasteiger partial charge >= 0.3 is 5.97 Å². The number of hydrogen-bond acceptors (Lipinski definition) is 2. The van der Waals surface area contributed by atoms with Gasteiger partial charge in [-0.25, -0.2) is 0 Å². The molecule has 17 heavy (non-hydrogen) atoms. The Labute approximate surface area is 105 Å². The molecule has 0 atom stereocenters. The van der Waals surface area contributed by atoms with Gasteiger partial charge in [0.25, 0.3) is 0 Å². The molecule has 1 N–H and O–H groups in total. The van der Waals surface area contributed by atoms with Gasteiger partial charge in [-0.3, -0.25) is 4.79 Å². The molecule has 100 valence electrons. The highest BCUT2D eigenvalue weighted by Gasteiger charge is 2.40. The lowest BCUT2D eigenvalue weighted by Gasteiger charge is -2.38. The zero-order valence-corrected chi connectivity index (χ0v) is 11.5. The first-order valence-corrected chi connectivity index (χ1v) is 6.96. The highest BCUT2D eigenvalue weighted by molar-refractivity contribution is 5.75. The van der Waals surface area contributed by atoms with Gasteiger partial charge in [-0.05, 0) is 25.3 Å². The first-order valence-electron chi connectivity index (χ1n) is 6.96. The van der Waals surface area contributed by atoms with Gasteiger partial charge in [-0.1, -0.05) is 40.0 Å². The molecule has 0 aliphatic heterocycles. The zero-order valence-electron chi connectivity index (χ0n) is 11.5. The summed E-state index contributed by atoms with van der Waals surface area (Å²) >= 11 is 0. The second kappa shape index (κ2) is 6.39. The second-order valence-corrected chi connectivity index (χ2v) is 5.87. The third-order valence-electron chi connectivity index (χ3n) is 3.86. The van der Waals surface area contributed by atoms with Crippen molar-refractivity contribution in [1.82, 2.24) is 4.90 Å². The zero-order chi connectivity index (χ0) is 12.9. The minimum Gasteiger partial charge on any atom is -0.481 e. The van der Waals surface area contributed by atoms with Crippen LogP contribution in [0.2, 0.25) is 0 Å². The summed E-state index contributed by atoms with van der Waals surface area (Å²) in [7, 11) is 0. The maximum absolute atomic E-state index is 11.6. The monoisotopic (exact) mass is 241 g/mol. The van der Waals surface area contributed by atoms with Crippen LogP contribution >= 0.6 is 0 Å². The second-order valence-electron chi connectivity index (χ2n) is 5.87. The van der Waals surface area contributed by atoms with E-state index >= 15 is 0 Å². The van der Waals surface area contributed by atoms with Gasteiger partial charge in [-0.2, -0.15) is 0 Å². The molecule has 0 amide bonds. The van der Waals surface area contributed by atoms with Gasteiger partial charge in [0, 0.05) is 13.1 Å². The number of carbonyl (C=O) groups is 1. The fourth-order valence-electron chi connectivity index (χ4n) is 2.92. The van der Waals surface area contributed by atoms with E-state index in [9.17, 15) is 9.90 Å². The van der Waals surface area contributed by atoms with Crippen molar-refractivity contribution in [3.63, 3.8) is 0 Å². The van der Waals surface area contributed by atoms with Crippen LogP contribution in [0.15, 0.2) is 0 Å². The van der Waals surface area contributed by atoms with Crippen LogP contribution in [0, 0.1) is 11.3 Å². The summed E-state index contributed by atoms with van der Waals surface area (Å²) in [6.45, 7) is 9.20. The molecule has 0 heterocycles. The van der Waals surface area contributed by atoms with Gasteiger partial charge in [-0.15, -0.1) is 0 Å². The smallest absolute Gasteiger partial charge is 0.310 e. The molecule has 0 unspecified atom stereocenters. The van der Waals surface area contributed by atoms with E-state index in [1.807, 2.05) is 0 Å². The SMILES string of the molecule is CCN(CC(C)C)CC1(C(=O)O)CCCCC1. The minimum atomic E-state index is -0.584. The van der Waals surface area contributed by atoms with E-state index in [1.165, 1.54) is 6.42 Å². The molecular weight excluding hydrogens is 214 g/mol. The number of rotatable bonds is 6. The van der Waals surface area contributed by atoms with Crippen molar-refractivity contribution >= 4 is 5.97 Å². The van der Waals surface area contributed by atoms with E-state index in [4.69, 9.17) is 0 Å². The standard InChI is InChI=1S/C14H27NO2/c1-4-15(10-12(2)3)11-14(13(16)17)8-6-5-7-9-14/h12H,4-11H2,1-3H3,(H,16,17). The molecule has 0 aromatic heterocycles. The predicted molar refractivity (Wildman–Crippen MR) is 70.1 cm³/mol. The van der Waals surface area contributed by atoms with Crippen LogP contribution in [0.3, 0.4) is 0 Å². The summed E-state index contributed by atoms with van der Waals surface area (Å²) in [5.74, 6) is 0.0174. The lowest BCUT2D eigenvalue weighted by Crippen LogP contribution is -2.45. The molecule has 0 bridgehead atoms. The van der Waals surface area contributed by atoms with E-state index < -0.39 is 11.4 Å². The van der Waals surface area contributed by atoms with E-state index in [2.05, 4.69) is 25.7 Å². The molecule has 1 aliphatic rings. The van der Waals surface area contributed by atoms with Crippen molar-refractivity contribution in [2.75, 3.05) is 19.6 Å². The van der Waals surface area contributed by atoms with Crippen LogP contribution < -0.4 is 0 Å². The molecule has 3 nitrogen and oxygen atoms in total. The summed E-state index contributed by atoms with van der Waals surface area (Å²) in [6.07, 6.45) is 5.07. The van der Waals surface area contributed by atoms with E-state index in [0.29, 0.717) is 5.92 Å². The van der Waals surface area contributed by atoms with Crippen LogP contribution in [0.4, 0.5) is 0 Å². The Morgan fingerprint density at radius 2 is 1.88 bits per heavy atom. The van der Waals surface area contributed by atoms with E-state index in [-0.39, 0.29) is 0 Å². The maximum atomic E-state index is 11.6. The lowest BCUT2D eigenvalue weighted by atomic mass is 9.73. The summed E-state index contributed by atoms with van der Waals surface area (Å²) < 4.78 is 0. The Kier molecular flexibility index (Phi) is 5.44. The van der Waals surface area contributed by atoms with E-state index in [0.717, 1.165) is 45.3 Å². The average molecular weight is 241 g/mol. The van der Waals surface area contributed by atoms with Crippen molar-refractivity contribution in [2.24, 2.45) is 11.3 Å². The summed E-state index contributed by atoms with van der Waals surface area (Å²) in [4.78, 5) is 13.9. The number of aliphatic carboxylic acids is 1. The third-order valence-corrected chi connectivity index (χ3v) is 3.86. The summed E-state index contributed by atoms with van der Waals surface area (Å²) in [6, 6.07) is 0. The highest BCUT2D eigenvalue weighted by Crippen LogP contribution is 2.37. The third kappa shape index (κ3) is 3.98. The minimum absolute atomic E-state index is 0.469. The molecule has 3 heteroatoms. The molecule has 0 spiro atoms. The Morgan fingerprint density at radius 3 is 2.29 bits per heavy atom. The fourth-order valence-corrected chi connectivity index (χ4v) is 2.92. The van der Waals surface area contributed by atoms with Gasteiger partial charge in [0.2, 0.25) is 0 Å². The number of carboxylic acids is 1.